The Labute approximate surface area is 153 Å². The maximum atomic E-state index is 10.6. The molecule has 0 aliphatic carbocycles. The number of primary amides is 1. The Morgan fingerprint density at radius 3 is 2.72 bits per heavy atom. The number of hydrogen-bond acceptors (Lipinski definition) is 5. The number of hydrazone groups is 1. The predicted octanol–water partition coefficient (Wildman–Crippen LogP) is 2.92. The van der Waals surface area contributed by atoms with Crippen molar-refractivity contribution >= 4 is 28.2 Å². The summed E-state index contributed by atoms with van der Waals surface area (Å²) in [5.41, 5.74) is 7.78. The average molecular weight is 408 g/mol. The number of halogens is 1. The summed E-state index contributed by atoms with van der Waals surface area (Å²) in [5.74, 6) is 1.89. The fourth-order valence-corrected chi connectivity index (χ4v) is 2.30. The highest BCUT2D eigenvalue weighted by atomic mass is 79.9. The van der Waals surface area contributed by atoms with E-state index in [1.165, 1.54) is 6.21 Å². The first-order chi connectivity index (χ1) is 12.1. The summed E-state index contributed by atoms with van der Waals surface area (Å²) in [5, 5.41) is 3.69. The van der Waals surface area contributed by atoms with E-state index in [0.29, 0.717) is 24.7 Å². The van der Waals surface area contributed by atoms with E-state index in [-0.39, 0.29) is 0 Å². The minimum absolute atomic E-state index is 0.361. The summed E-state index contributed by atoms with van der Waals surface area (Å²) in [6.07, 6.45) is 1.45. The number of carbonyl (C=O) groups is 1. The zero-order valence-corrected chi connectivity index (χ0v) is 15.2. The van der Waals surface area contributed by atoms with Gasteiger partial charge in [0, 0.05) is 4.47 Å². The van der Waals surface area contributed by atoms with Crippen molar-refractivity contribution in [2.45, 2.75) is 0 Å². The first kappa shape index (κ1) is 18.6. The molecule has 7 nitrogen and oxygen atoms in total. The van der Waals surface area contributed by atoms with Crippen molar-refractivity contribution < 1.29 is 19.0 Å². The Hall–Kier alpha value is -2.74. The Balaban J connectivity index is 1.88. The molecular weight excluding hydrogens is 390 g/mol. The van der Waals surface area contributed by atoms with E-state index in [1.807, 2.05) is 24.3 Å². The minimum atomic E-state index is -0.728. The Bertz CT molecular complexity index is 752. The molecule has 8 heteroatoms. The van der Waals surface area contributed by atoms with Gasteiger partial charge in [-0.25, -0.2) is 10.2 Å². The van der Waals surface area contributed by atoms with Gasteiger partial charge in [0.15, 0.2) is 11.5 Å². The Morgan fingerprint density at radius 2 is 2.00 bits per heavy atom. The number of methoxy groups -OCH3 is 1. The first-order valence-electron chi connectivity index (χ1n) is 7.36. The molecule has 2 aromatic carbocycles. The topological polar surface area (TPSA) is 95.2 Å². The zero-order chi connectivity index (χ0) is 18.1. The van der Waals surface area contributed by atoms with Crippen molar-refractivity contribution in [1.82, 2.24) is 5.43 Å². The second-order valence-electron chi connectivity index (χ2n) is 4.80. The number of nitrogens with two attached hydrogens (primary N) is 1. The normalized spacial score (nSPS) is 10.5. The van der Waals surface area contributed by atoms with Crippen LogP contribution >= 0.6 is 15.9 Å². The lowest BCUT2D eigenvalue weighted by Gasteiger charge is -2.12. The average Bonchev–Trinajstić information content (AvgIpc) is 2.59. The molecule has 0 saturated carbocycles. The molecule has 2 aromatic rings. The fourth-order valence-electron chi connectivity index (χ4n) is 1.92. The van der Waals surface area contributed by atoms with Crippen molar-refractivity contribution in [3.05, 3.63) is 52.5 Å². The highest BCUT2D eigenvalue weighted by molar-refractivity contribution is 9.10. The van der Waals surface area contributed by atoms with Crippen LogP contribution in [0.15, 0.2) is 52.0 Å². The van der Waals surface area contributed by atoms with Gasteiger partial charge in [0.1, 0.15) is 19.0 Å². The van der Waals surface area contributed by atoms with Crippen LogP contribution in [0.5, 0.6) is 17.2 Å². The molecule has 0 atom stereocenters. The second kappa shape index (κ2) is 9.53. The molecular formula is C17H18BrN3O4. The largest absolute Gasteiger partial charge is 0.493 e. The highest BCUT2D eigenvalue weighted by Crippen LogP contribution is 2.27. The van der Waals surface area contributed by atoms with Crippen LogP contribution in [0.2, 0.25) is 0 Å². The lowest BCUT2D eigenvalue weighted by molar-refractivity contribution is 0.211. The summed E-state index contributed by atoms with van der Waals surface area (Å²) in [7, 11) is 1.54. The molecule has 132 valence electrons. The molecule has 25 heavy (non-hydrogen) atoms. The van der Waals surface area contributed by atoms with Gasteiger partial charge in [0.2, 0.25) is 0 Å². The number of amides is 2. The molecule has 2 amide bonds. The monoisotopic (exact) mass is 407 g/mol. The molecule has 0 unspecified atom stereocenters. The summed E-state index contributed by atoms with van der Waals surface area (Å²) < 4.78 is 17.5. The van der Waals surface area contributed by atoms with Gasteiger partial charge in [-0.15, -0.1) is 0 Å². The van der Waals surface area contributed by atoms with Crippen molar-refractivity contribution in [1.29, 1.82) is 0 Å². The van der Waals surface area contributed by atoms with Gasteiger partial charge in [-0.1, -0.05) is 22.0 Å². The van der Waals surface area contributed by atoms with Crippen LogP contribution in [0.1, 0.15) is 5.56 Å². The van der Waals surface area contributed by atoms with Crippen LogP contribution in [0.3, 0.4) is 0 Å². The fraction of sp³-hybridized carbons (Fsp3) is 0.176. The van der Waals surface area contributed by atoms with Crippen LogP contribution in [0.25, 0.3) is 0 Å². The number of nitrogens with one attached hydrogen (secondary N) is 1. The van der Waals surface area contributed by atoms with Gasteiger partial charge < -0.3 is 19.9 Å². The smallest absolute Gasteiger partial charge is 0.332 e. The summed E-state index contributed by atoms with van der Waals surface area (Å²) in [6.45, 7) is 0.755. The van der Waals surface area contributed by atoms with E-state index in [4.69, 9.17) is 19.9 Å². The van der Waals surface area contributed by atoms with Gasteiger partial charge in [-0.3, -0.25) is 0 Å². The second-order valence-corrected chi connectivity index (χ2v) is 5.71. The molecule has 0 aromatic heterocycles. The molecule has 0 radical (unpaired) electrons. The van der Waals surface area contributed by atoms with Gasteiger partial charge >= 0.3 is 6.03 Å². The molecule has 0 saturated heterocycles. The van der Waals surface area contributed by atoms with Crippen molar-refractivity contribution in [3.63, 3.8) is 0 Å². The van der Waals surface area contributed by atoms with Crippen molar-refractivity contribution in [2.24, 2.45) is 10.8 Å². The van der Waals surface area contributed by atoms with Gasteiger partial charge in [0.05, 0.1) is 13.3 Å². The minimum Gasteiger partial charge on any atom is -0.493 e. The third-order valence-corrected chi connectivity index (χ3v) is 3.48. The SMILES string of the molecule is COc1cc(/C=N\NC(N)=O)ccc1OCCOc1cccc(Br)c1. The molecule has 0 fully saturated rings. The van der Waals surface area contributed by atoms with Crippen LogP contribution in [0, 0.1) is 0 Å². The number of benzene rings is 2. The van der Waals surface area contributed by atoms with Gasteiger partial charge in [0.25, 0.3) is 0 Å². The summed E-state index contributed by atoms with van der Waals surface area (Å²) >= 11 is 3.39. The van der Waals surface area contributed by atoms with Crippen LogP contribution in [-0.2, 0) is 0 Å². The summed E-state index contributed by atoms with van der Waals surface area (Å²) in [4.78, 5) is 10.6. The van der Waals surface area contributed by atoms with E-state index in [9.17, 15) is 4.79 Å². The van der Waals surface area contributed by atoms with E-state index in [2.05, 4.69) is 26.5 Å². The van der Waals surface area contributed by atoms with Crippen molar-refractivity contribution in [2.75, 3.05) is 20.3 Å². The van der Waals surface area contributed by atoms with E-state index >= 15 is 0 Å². The van der Waals surface area contributed by atoms with Crippen LogP contribution in [0.4, 0.5) is 4.79 Å². The first-order valence-corrected chi connectivity index (χ1v) is 8.15. The van der Waals surface area contributed by atoms with E-state index in [0.717, 1.165) is 15.8 Å². The number of hydrogen-bond donors (Lipinski definition) is 2. The molecule has 0 bridgehead atoms. The predicted molar refractivity (Wildman–Crippen MR) is 98.4 cm³/mol. The molecule has 0 spiro atoms. The van der Waals surface area contributed by atoms with Crippen molar-refractivity contribution in [3.8, 4) is 17.2 Å². The number of carbonyl (C=O) groups excluding carboxylic acids is 1. The van der Waals surface area contributed by atoms with Gasteiger partial charge in [-0.05, 0) is 42.0 Å². The molecule has 2 rings (SSSR count). The van der Waals surface area contributed by atoms with E-state index < -0.39 is 6.03 Å². The highest BCUT2D eigenvalue weighted by Gasteiger charge is 2.05. The molecule has 0 heterocycles. The maximum absolute atomic E-state index is 10.6. The lowest BCUT2D eigenvalue weighted by Crippen LogP contribution is -2.24. The van der Waals surface area contributed by atoms with E-state index in [1.54, 1.807) is 25.3 Å². The van der Waals surface area contributed by atoms with Gasteiger partial charge in [-0.2, -0.15) is 5.10 Å². The third-order valence-electron chi connectivity index (χ3n) is 2.98. The summed E-state index contributed by atoms with van der Waals surface area (Å²) in [6, 6.07) is 12.1. The van der Waals surface area contributed by atoms with Crippen LogP contribution < -0.4 is 25.4 Å². The zero-order valence-electron chi connectivity index (χ0n) is 13.6. The number of nitrogens with zero attached hydrogens (tertiary/aromatic N) is 1. The number of urea groups is 1. The molecule has 0 aliphatic rings. The third kappa shape index (κ3) is 6.34. The lowest BCUT2D eigenvalue weighted by atomic mass is 10.2. The standard InChI is InChI=1S/C17H18BrN3O4/c1-23-16-9-12(11-20-21-17(19)22)5-6-15(16)25-8-7-24-14-4-2-3-13(18)10-14/h2-6,9-11H,7-8H2,1H3,(H3,19,21,22)/b20-11-. The Kier molecular flexibility index (Phi) is 7.09. The molecule has 0 aliphatic heterocycles. The van der Waals surface area contributed by atoms with Crippen LogP contribution in [-0.4, -0.2) is 32.6 Å². The quantitative estimate of drug-likeness (QED) is 0.399. The Morgan fingerprint density at radius 1 is 1.20 bits per heavy atom. The number of rotatable bonds is 8. The molecule has 3 N–H and O–H groups in total. The maximum Gasteiger partial charge on any atom is 0.332 e. The number of ether oxygens (including phenoxy) is 3.